The standard InChI is InChI=1S/C10H14N3P.CH4O4S/c11-7-1-4-10(14,5-2-8-12)6-3-9-13;1-5-6(2,3)4/h1-6,14H2;1H3,(H,2,3,4). The van der Waals surface area contributed by atoms with Crippen LogP contribution < -0.4 is 0 Å². The van der Waals surface area contributed by atoms with Crippen molar-refractivity contribution >= 4 is 19.6 Å². The first-order chi connectivity index (χ1) is 9.24. The van der Waals surface area contributed by atoms with E-state index in [1.54, 1.807) is 0 Å². The fraction of sp³-hybridized carbons (Fsp3) is 0.727. The lowest BCUT2D eigenvalue weighted by molar-refractivity contribution is 0.324. The normalized spacial score (nSPS) is 10.4. The second-order valence-corrected chi connectivity index (χ2v) is 6.34. The van der Waals surface area contributed by atoms with Gasteiger partial charge in [-0.05, 0) is 24.4 Å². The Balaban J connectivity index is 0. The lowest BCUT2D eigenvalue weighted by Gasteiger charge is -2.26. The van der Waals surface area contributed by atoms with Crippen molar-refractivity contribution in [2.24, 2.45) is 0 Å². The quantitative estimate of drug-likeness (QED) is 0.559. The monoisotopic (exact) mass is 319 g/mol. The van der Waals surface area contributed by atoms with Gasteiger partial charge in [-0.2, -0.15) is 24.2 Å². The fourth-order valence-corrected chi connectivity index (χ4v) is 1.72. The molecule has 0 aromatic rings. The van der Waals surface area contributed by atoms with E-state index in [4.69, 9.17) is 20.3 Å². The summed E-state index contributed by atoms with van der Waals surface area (Å²) >= 11 is 0. The number of hydrogen-bond acceptors (Lipinski definition) is 6. The predicted octanol–water partition coefficient (Wildman–Crippen LogP) is 1.95. The van der Waals surface area contributed by atoms with E-state index in [1.165, 1.54) is 0 Å². The largest absolute Gasteiger partial charge is 0.397 e. The second kappa shape index (κ2) is 11.6. The Morgan fingerprint density at radius 2 is 1.30 bits per heavy atom. The van der Waals surface area contributed by atoms with Crippen LogP contribution in [0.2, 0.25) is 0 Å². The minimum absolute atomic E-state index is 0.0960. The number of nitriles is 3. The van der Waals surface area contributed by atoms with Gasteiger partial charge < -0.3 is 0 Å². The molecule has 1 atom stereocenters. The van der Waals surface area contributed by atoms with E-state index in [0.717, 1.165) is 26.4 Å². The maximum atomic E-state index is 9.33. The smallest absolute Gasteiger partial charge is 0.264 e. The maximum Gasteiger partial charge on any atom is 0.397 e. The van der Waals surface area contributed by atoms with Crippen molar-refractivity contribution in [1.29, 1.82) is 15.8 Å². The van der Waals surface area contributed by atoms with Gasteiger partial charge in [-0.1, -0.05) is 0 Å². The van der Waals surface area contributed by atoms with Crippen molar-refractivity contribution in [1.82, 2.24) is 0 Å². The third kappa shape index (κ3) is 14.8. The van der Waals surface area contributed by atoms with Gasteiger partial charge in [0, 0.05) is 19.3 Å². The van der Waals surface area contributed by atoms with Gasteiger partial charge in [0.1, 0.15) is 0 Å². The molecule has 0 heterocycles. The van der Waals surface area contributed by atoms with Crippen LogP contribution >= 0.6 is 9.24 Å². The van der Waals surface area contributed by atoms with Gasteiger partial charge in [0.2, 0.25) is 0 Å². The summed E-state index contributed by atoms with van der Waals surface area (Å²) in [4.78, 5) is 0. The zero-order valence-electron chi connectivity index (χ0n) is 11.2. The highest BCUT2D eigenvalue weighted by Gasteiger charge is 2.23. The maximum absolute atomic E-state index is 9.33. The van der Waals surface area contributed by atoms with Gasteiger partial charge in [0.15, 0.2) is 0 Å². The van der Waals surface area contributed by atoms with E-state index in [2.05, 4.69) is 31.6 Å². The Hall–Kier alpha value is -1.23. The number of hydrogen-bond donors (Lipinski definition) is 1. The molecule has 0 saturated heterocycles. The zero-order valence-corrected chi connectivity index (χ0v) is 13.2. The van der Waals surface area contributed by atoms with Crippen molar-refractivity contribution in [3.63, 3.8) is 0 Å². The van der Waals surface area contributed by atoms with E-state index in [0.29, 0.717) is 19.3 Å². The van der Waals surface area contributed by atoms with Crippen LogP contribution in [-0.2, 0) is 14.6 Å². The Morgan fingerprint density at radius 1 is 1.05 bits per heavy atom. The molecule has 0 bridgehead atoms. The topological polar surface area (TPSA) is 135 Å². The molecule has 0 spiro atoms. The predicted molar refractivity (Wildman–Crippen MR) is 75.5 cm³/mol. The van der Waals surface area contributed by atoms with Crippen molar-refractivity contribution in [3.8, 4) is 18.2 Å². The zero-order chi connectivity index (χ0) is 16.1. The third-order valence-electron chi connectivity index (χ3n) is 2.41. The molecule has 0 fully saturated rings. The van der Waals surface area contributed by atoms with Crippen LogP contribution in [0.25, 0.3) is 0 Å². The Morgan fingerprint density at radius 3 is 1.45 bits per heavy atom. The summed E-state index contributed by atoms with van der Waals surface area (Å²) in [6, 6.07) is 6.29. The Kier molecular flexibility index (Phi) is 12.2. The van der Waals surface area contributed by atoms with Gasteiger partial charge >= 0.3 is 10.4 Å². The molecule has 1 N–H and O–H groups in total. The molecule has 112 valence electrons. The summed E-state index contributed by atoms with van der Waals surface area (Å²) < 4.78 is 29.7. The lowest BCUT2D eigenvalue weighted by Crippen LogP contribution is -2.20. The minimum Gasteiger partial charge on any atom is -0.264 e. The van der Waals surface area contributed by atoms with Crippen LogP contribution in [0.3, 0.4) is 0 Å². The molecule has 0 aliphatic carbocycles. The molecule has 0 aliphatic heterocycles. The van der Waals surface area contributed by atoms with Crippen molar-refractivity contribution in [2.75, 3.05) is 7.11 Å². The summed E-state index contributed by atoms with van der Waals surface area (Å²) in [6.45, 7) is 0. The summed E-state index contributed by atoms with van der Waals surface area (Å²) in [5, 5.41) is 25.4. The highest BCUT2D eigenvalue weighted by molar-refractivity contribution is 7.80. The first-order valence-electron chi connectivity index (χ1n) is 5.67. The van der Waals surface area contributed by atoms with E-state index < -0.39 is 10.4 Å². The summed E-state index contributed by atoms with van der Waals surface area (Å²) in [6.07, 6.45) is 3.70. The average Bonchev–Trinajstić information content (AvgIpc) is 2.41. The van der Waals surface area contributed by atoms with E-state index in [-0.39, 0.29) is 5.16 Å². The van der Waals surface area contributed by atoms with Crippen LogP contribution in [-0.4, -0.2) is 25.2 Å². The molecule has 0 aliphatic rings. The van der Waals surface area contributed by atoms with Gasteiger partial charge in [0.05, 0.1) is 25.3 Å². The van der Waals surface area contributed by atoms with Crippen molar-refractivity contribution in [3.05, 3.63) is 0 Å². The fourth-order valence-electron chi connectivity index (χ4n) is 1.29. The average molecular weight is 319 g/mol. The molecule has 0 amide bonds. The molecule has 0 aromatic carbocycles. The molecule has 0 rings (SSSR count). The van der Waals surface area contributed by atoms with E-state index in [1.807, 2.05) is 0 Å². The highest BCUT2D eigenvalue weighted by Crippen LogP contribution is 2.34. The first-order valence-corrected chi connectivity index (χ1v) is 7.61. The molecule has 1 unspecified atom stereocenters. The molecule has 7 nitrogen and oxygen atoms in total. The highest BCUT2D eigenvalue weighted by atomic mass is 32.3. The lowest BCUT2D eigenvalue weighted by atomic mass is 9.92. The van der Waals surface area contributed by atoms with Crippen LogP contribution in [0, 0.1) is 34.0 Å². The number of nitrogens with zero attached hydrogens (tertiary/aromatic N) is 3. The summed E-state index contributed by atoms with van der Waals surface area (Å²) in [5.74, 6) is 0. The van der Waals surface area contributed by atoms with Gasteiger partial charge in [-0.3, -0.25) is 8.74 Å². The third-order valence-corrected chi connectivity index (χ3v) is 3.70. The Labute approximate surface area is 122 Å². The van der Waals surface area contributed by atoms with Crippen LogP contribution in [0.1, 0.15) is 38.5 Å². The van der Waals surface area contributed by atoms with Gasteiger partial charge in [-0.25, -0.2) is 0 Å². The molecular formula is C11H18N3O4PS. The number of rotatable bonds is 7. The van der Waals surface area contributed by atoms with Gasteiger partial charge in [0.25, 0.3) is 0 Å². The Bertz CT molecular complexity index is 442. The molecule has 0 saturated carbocycles. The van der Waals surface area contributed by atoms with E-state index >= 15 is 0 Å². The van der Waals surface area contributed by atoms with E-state index in [9.17, 15) is 8.42 Å². The SMILES string of the molecule is COS(=O)(=O)O.N#CCCC(P)(CCC#N)CCC#N. The molecule has 9 heteroatoms. The van der Waals surface area contributed by atoms with Crippen LogP contribution in [0.4, 0.5) is 0 Å². The van der Waals surface area contributed by atoms with Crippen molar-refractivity contribution < 1.29 is 17.2 Å². The molecular weight excluding hydrogens is 301 g/mol. The molecule has 20 heavy (non-hydrogen) atoms. The van der Waals surface area contributed by atoms with Crippen LogP contribution in [0.15, 0.2) is 0 Å². The second-order valence-electron chi connectivity index (χ2n) is 3.93. The first kappa shape index (κ1) is 21.1. The van der Waals surface area contributed by atoms with Crippen molar-refractivity contribution in [2.45, 2.75) is 43.7 Å². The van der Waals surface area contributed by atoms with Gasteiger partial charge in [-0.15, -0.1) is 9.24 Å². The summed E-state index contributed by atoms with van der Waals surface area (Å²) in [7, 11) is -0.579. The minimum atomic E-state index is -4.16. The molecule has 0 aromatic heterocycles. The summed E-state index contributed by atoms with van der Waals surface area (Å²) in [5.41, 5.74) is 0. The van der Waals surface area contributed by atoms with Crippen LogP contribution in [0.5, 0.6) is 0 Å². The molecule has 0 radical (unpaired) electrons.